The Morgan fingerprint density at radius 3 is 2.38 bits per heavy atom. The highest BCUT2D eigenvalue weighted by molar-refractivity contribution is 7.98. The molecule has 3 rings (SSSR count). The topological polar surface area (TPSA) is 79.0 Å². The Morgan fingerprint density at radius 1 is 1.00 bits per heavy atom. The third kappa shape index (κ3) is 8.85. The van der Waals surface area contributed by atoms with Crippen molar-refractivity contribution in [2.75, 3.05) is 50.1 Å². The molecule has 0 saturated carbocycles. The largest absolute Gasteiger partial charge is 0.383 e. The van der Waals surface area contributed by atoms with Crippen LogP contribution in [0.25, 0.3) is 0 Å². The van der Waals surface area contributed by atoms with Gasteiger partial charge in [-0.2, -0.15) is 8.42 Å². The van der Waals surface area contributed by atoms with Gasteiger partial charge in [-0.3, -0.25) is 9.69 Å². The Labute approximate surface area is 208 Å². The van der Waals surface area contributed by atoms with E-state index in [0.29, 0.717) is 13.0 Å². The van der Waals surface area contributed by atoms with Crippen molar-refractivity contribution in [3.05, 3.63) is 54.1 Å². The van der Waals surface area contributed by atoms with Gasteiger partial charge in [0.05, 0.1) is 11.9 Å². The van der Waals surface area contributed by atoms with E-state index < -0.39 is 10.1 Å². The van der Waals surface area contributed by atoms with E-state index in [2.05, 4.69) is 45.6 Å². The first kappa shape index (κ1) is 26.4. The second-order valence-corrected chi connectivity index (χ2v) is 10.9. The fourth-order valence-electron chi connectivity index (χ4n) is 4.03. The Balaban J connectivity index is 1.26. The highest BCUT2D eigenvalue weighted by atomic mass is 32.2. The van der Waals surface area contributed by atoms with Gasteiger partial charge >= 0.3 is 10.1 Å². The zero-order valence-electron chi connectivity index (χ0n) is 20.0. The number of benzene rings is 2. The third-order valence-electron chi connectivity index (χ3n) is 5.84. The minimum atomic E-state index is -3.53. The van der Waals surface area contributed by atoms with Crippen molar-refractivity contribution in [2.24, 2.45) is 0 Å². The summed E-state index contributed by atoms with van der Waals surface area (Å²) in [6.07, 6.45) is 6.69. The molecular weight excluding hydrogens is 470 g/mol. The quantitative estimate of drug-likeness (QED) is 0.267. The lowest BCUT2D eigenvalue weighted by atomic mass is 10.1. The van der Waals surface area contributed by atoms with Crippen molar-refractivity contribution in [2.45, 2.75) is 37.1 Å². The van der Waals surface area contributed by atoms with Crippen LogP contribution in [-0.4, -0.2) is 64.5 Å². The number of thioether (sulfide) groups is 1. The van der Waals surface area contributed by atoms with Crippen LogP contribution in [0.1, 0.15) is 31.2 Å². The summed E-state index contributed by atoms with van der Waals surface area (Å²) in [5.74, 6) is 0.307. The number of nitrogens with zero attached hydrogens (tertiary/aromatic N) is 2. The molecule has 0 aliphatic carbocycles. The highest BCUT2D eigenvalue weighted by Crippen LogP contribution is 2.29. The summed E-state index contributed by atoms with van der Waals surface area (Å²) >= 11 is 1.80. The molecular formula is C25H35N3O4S2. The minimum Gasteiger partial charge on any atom is -0.383 e. The molecule has 9 heteroatoms. The molecule has 2 aromatic carbocycles. The summed E-state index contributed by atoms with van der Waals surface area (Å²) in [6.45, 7) is 5.78. The van der Waals surface area contributed by atoms with Crippen molar-refractivity contribution in [1.29, 1.82) is 0 Å². The summed E-state index contributed by atoms with van der Waals surface area (Å²) in [6, 6.07) is 15.3. The molecule has 0 atom stereocenters. The number of unbranched alkanes of at least 4 members (excludes halogenated alkanes) is 2. The number of nitrogens with one attached hydrogen (secondary N) is 1. The zero-order valence-corrected chi connectivity index (χ0v) is 21.7. The summed E-state index contributed by atoms with van der Waals surface area (Å²) in [4.78, 5) is 18.5. The number of piperazine rings is 1. The number of anilines is 1. The van der Waals surface area contributed by atoms with Gasteiger partial charge in [0.2, 0.25) is 5.91 Å². The van der Waals surface area contributed by atoms with Crippen molar-refractivity contribution in [3.8, 4) is 5.75 Å². The number of hydrogen-bond acceptors (Lipinski definition) is 7. The Bertz CT molecular complexity index is 1020. The lowest BCUT2D eigenvalue weighted by Gasteiger charge is -2.36. The molecule has 7 nitrogen and oxygen atoms in total. The number of para-hydroxylation sites is 1. The van der Waals surface area contributed by atoms with E-state index in [1.807, 2.05) is 0 Å². The Morgan fingerprint density at radius 2 is 1.71 bits per heavy atom. The fraction of sp³-hybridized carbons (Fsp3) is 0.480. The second kappa shape index (κ2) is 13.0. The Kier molecular flexibility index (Phi) is 10.1. The molecule has 1 aliphatic heterocycles. The van der Waals surface area contributed by atoms with Crippen molar-refractivity contribution in [1.82, 2.24) is 10.2 Å². The smallest absolute Gasteiger partial charge is 0.306 e. The number of carbonyl (C=O) groups is 1. The normalized spacial score (nSPS) is 14.7. The van der Waals surface area contributed by atoms with Gasteiger partial charge in [-0.05, 0) is 55.5 Å². The predicted molar refractivity (Wildman–Crippen MR) is 139 cm³/mol. The first-order valence-electron chi connectivity index (χ1n) is 11.7. The highest BCUT2D eigenvalue weighted by Gasteiger charge is 2.18. The van der Waals surface area contributed by atoms with Crippen LogP contribution < -0.4 is 14.4 Å². The molecule has 1 N–H and O–H groups in total. The van der Waals surface area contributed by atoms with Crippen molar-refractivity contribution < 1.29 is 17.4 Å². The average Bonchev–Trinajstić information content (AvgIpc) is 2.83. The lowest BCUT2D eigenvalue weighted by molar-refractivity contribution is -0.121. The standard InChI is InChI=1S/C25H35N3O4S2/c1-33-24-9-6-5-8-23(24)28-18-16-27(17-19-28)15-7-3-4-10-25(29)26-20-21-11-13-22(14-12-21)32-34(2,30)31/h5-6,8-9,11-14H,3-4,7,10,15-20H2,1-2H3,(H,26,29). The molecule has 0 spiro atoms. The maximum Gasteiger partial charge on any atom is 0.306 e. The van der Waals surface area contributed by atoms with Crippen molar-refractivity contribution in [3.63, 3.8) is 0 Å². The van der Waals surface area contributed by atoms with Gasteiger partial charge in [0.15, 0.2) is 0 Å². The van der Waals surface area contributed by atoms with Crippen LogP contribution >= 0.6 is 11.8 Å². The van der Waals surface area contributed by atoms with E-state index in [-0.39, 0.29) is 11.7 Å². The van der Waals surface area contributed by atoms with Gasteiger partial charge in [-0.1, -0.05) is 30.7 Å². The van der Waals surface area contributed by atoms with Gasteiger partial charge in [-0.25, -0.2) is 0 Å². The van der Waals surface area contributed by atoms with Crippen LogP contribution in [0.15, 0.2) is 53.4 Å². The van der Waals surface area contributed by atoms with E-state index in [9.17, 15) is 13.2 Å². The summed E-state index contributed by atoms with van der Waals surface area (Å²) < 4.78 is 27.1. The number of carbonyl (C=O) groups excluding carboxylic acids is 1. The predicted octanol–water partition coefficient (Wildman–Crippen LogP) is 3.75. The molecule has 34 heavy (non-hydrogen) atoms. The molecule has 0 radical (unpaired) electrons. The minimum absolute atomic E-state index is 0.0394. The SMILES string of the molecule is CSc1ccccc1N1CCN(CCCCCC(=O)NCc2ccc(OS(C)(=O)=O)cc2)CC1. The molecule has 0 aromatic heterocycles. The van der Waals surface area contributed by atoms with E-state index in [1.165, 1.54) is 10.6 Å². The zero-order chi connectivity index (χ0) is 24.4. The van der Waals surface area contributed by atoms with Gasteiger partial charge in [0.25, 0.3) is 0 Å². The maximum absolute atomic E-state index is 12.1. The lowest BCUT2D eigenvalue weighted by Crippen LogP contribution is -2.46. The van der Waals surface area contributed by atoms with E-state index in [0.717, 1.165) is 63.8 Å². The fourth-order valence-corrected chi connectivity index (χ4v) is 5.11. The van der Waals surface area contributed by atoms with Gasteiger partial charge in [0.1, 0.15) is 5.75 Å². The molecule has 0 unspecified atom stereocenters. The van der Waals surface area contributed by atoms with Crippen LogP contribution in [-0.2, 0) is 21.5 Å². The first-order chi connectivity index (χ1) is 16.3. The van der Waals surface area contributed by atoms with Crippen molar-refractivity contribution >= 4 is 33.5 Å². The summed E-state index contributed by atoms with van der Waals surface area (Å²) in [5, 5.41) is 2.92. The van der Waals surface area contributed by atoms with E-state index >= 15 is 0 Å². The molecule has 1 saturated heterocycles. The number of amides is 1. The molecule has 1 aliphatic rings. The molecule has 2 aromatic rings. The monoisotopic (exact) mass is 505 g/mol. The van der Waals surface area contributed by atoms with Gasteiger partial charge in [-0.15, -0.1) is 11.8 Å². The van der Waals surface area contributed by atoms with Crippen LogP contribution in [0.4, 0.5) is 5.69 Å². The van der Waals surface area contributed by atoms with Crippen LogP contribution in [0, 0.1) is 0 Å². The van der Waals surface area contributed by atoms with Crippen LogP contribution in [0.5, 0.6) is 5.75 Å². The molecule has 1 heterocycles. The Hall–Kier alpha value is -2.23. The van der Waals surface area contributed by atoms with E-state index in [4.69, 9.17) is 4.18 Å². The third-order valence-corrected chi connectivity index (χ3v) is 7.12. The summed E-state index contributed by atoms with van der Waals surface area (Å²) in [5.41, 5.74) is 2.24. The molecule has 0 bridgehead atoms. The number of hydrogen-bond donors (Lipinski definition) is 1. The first-order valence-corrected chi connectivity index (χ1v) is 14.7. The second-order valence-electron chi connectivity index (χ2n) is 8.52. The number of rotatable bonds is 12. The maximum atomic E-state index is 12.1. The van der Waals surface area contributed by atoms with Gasteiger partial charge < -0.3 is 14.4 Å². The molecule has 186 valence electrons. The van der Waals surface area contributed by atoms with Crippen LogP contribution in [0.2, 0.25) is 0 Å². The summed E-state index contributed by atoms with van der Waals surface area (Å²) in [7, 11) is -3.53. The van der Waals surface area contributed by atoms with Gasteiger partial charge in [0, 0.05) is 44.0 Å². The molecule has 1 fully saturated rings. The molecule has 1 amide bonds. The average molecular weight is 506 g/mol. The van der Waals surface area contributed by atoms with Crippen LogP contribution in [0.3, 0.4) is 0 Å². The van der Waals surface area contributed by atoms with E-state index in [1.54, 1.807) is 36.0 Å².